The molecule has 0 N–H and O–H groups in total. The summed E-state index contributed by atoms with van der Waals surface area (Å²) in [5.41, 5.74) is 6.52. The van der Waals surface area contributed by atoms with E-state index in [4.69, 9.17) is 11.6 Å². The molecule has 1 unspecified atom stereocenters. The highest BCUT2D eigenvalue weighted by Gasteiger charge is 2.21. The molecule has 3 heteroatoms. The van der Waals surface area contributed by atoms with Gasteiger partial charge in [-0.25, -0.2) is 4.39 Å². The van der Waals surface area contributed by atoms with E-state index >= 15 is 0 Å². The molecule has 0 amide bonds. The van der Waals surface area contributed by atoms with E-state index in [1.807, 2.05) is 0 Å². The number of hydrogen-bond donors (Lipinski definition) is 0. The van der Waals surface area contributed by atoms with Crippen molar-refractivity contribution >= 4 is 27.5 Å². The Bertz CT molecular complexity index is 638. The zero-order valence-corrected chi connectivity index (χ0v) is 14.4. The van der Waals surface area contributed by atoms with Gasteiger partial charge in [-0.1, -0.05) is 33.6 Å². The molecular formula is C17H17BrClF. The van der Waals surface area contributed by atoms with Gasteiger partial charge in [0.2, 0.25) is 0 Å². The van der Waals surface area contributed by atoms with Gasteiger partial charge in [-0.05, 0) is 73.7 Å². The normalized spacial score (nSPS) is 12.6. The van der Waals surface area contributed by atoms with E-state index in [-0.39, 0.29) is 10.6 Å². The van der Waals surface area contributed by atoms with Gasteiger partial charge >= 0.3 is 0 Å². The van der Waals surface area contributed by atoms with Gasteiger partial charge in [0.1, 0.15) is 5.82 Å². The smallest absolute Gasteiger partial charge is 0.127 e. The summed E-state index contributed by atoms with van der Waals surface area (Å²) in [5.74, 6) is -0.241. The van der Waals surface area contributed by atoms with Gasteiger partial charge in [-0.3, -0.25) is 0 Å². The molecule has 0 fully saturated rings. The van der Waals surface area contributed by atoms with Crippen molar-refractivity contribution in [3.8, 4) is 0 Å². The molecular weight excluding hydrogens is 339 g/mol. The van der Waals surface area contributed by atoms with Crippen LogP contribution in [0.25, 0.3) is 0 Å². The fourth-order valence-corrected chi connectivity index (χ4v) is 3.71. The fourth-order valence-electron chi connectivity index (χ4n) is 2.49. The van der Waals surface area contributed by atoms with Crippen LogP contribution in [0.15, 0.2) is 24.3 Å². The minimum absolute atomic E-state index is 0.195. The van der Waals surface area contributed by atoms with E-state index in [1.165, 1.54) is 28.3 Å². The Morgan fingerprint density at radius 1 is 1.00 bits per heavy atom. The highest BCUT2D eigenvalue weighted by atomic mass is 79.9. The lowest BCUT2D eigenvalue weighted by Gasteiger charge is -2.21. The fraction of sp³-hybridized carbons (Fsp3) is 0.294. The van der Waals surface area contributed by atoms with Crippen LogP contribution in [0, 0.1) is 33.5 Å². The molecule has 0 aliphatic rings. The van der Waals surface area contributed by atoms with Gasteiger partial charge in [0.05, 0.1) is 4.83 Å². The summed E-state index contributed by atoms with van der Waals surface area (Å²) in [7, 11) is 0. The van der Waals surface area contributed by atoms with Crippen molar-refractivity contribution < 1.29 is 4.39 Å². The quantitative estimate of drug-likeness (QED) is 0.563. The van der Waals surface area contributed by atoms with Crippen LogP contribution in [-0.4, -0.2) is 0 Å². The average Bonchev–Trinajstić information content (AvgIpc) is 2.39. The van der Waals surface area contributed by atoms with E-state index in [0.717, 1.165) is 5.56 Å². The number of benzene rings is 2. The lowest BCUT2D eigenvalue weighted by atomic mass is 9.90. The minimum Gasteiger partial charge on any atom is -0.207 e. The molecule has 0 spiro atoms. The van der Waals surface area contributed by atoms with E-state index in [0.29, 0.717) is 10.6 Å². The van der Waals surface area contributed by atoms with Crippen LogP contribution in [0.5, 0.6) is 0 Å². The second kappa shape index (κ2) is 5.87. The Kier molecular flexibility index (Phi) is 4.55. The maximum Gasteiger partial charge on any atom is 0.127 e. The largest absolute Gasteiger partial charge is 0.207 e. The average molecular weight is 356 g/mol. The van der Waals surface area contributed by atoms with E-state index in [2.05, 4.69) is 49.7 Å². The molecule has 106 valence electrons. The van der Waals surface area contributed by atoms with Crippen molar-refractivity contribution in [1.29, 1.82) is 0 Å². The first-order valence-electron chi connectivity index (χ1n) is 6.49. The molecule has 0 saturated heterocycles. The van der Waals surface area contributed by atoms with Gasteiger partial charge in [0, 0.05) is 10.6 Å². The summed E-state index contributed by atoms with van der Waals surface area (Å²) >= 11 is 9.65. The van der Waals surface area contributed by atoms with Crippen molar-refractivity contribution in [3.63, 3.8) is 0 Å². The predicted octanol–water partition coefficient (Wildman–Crippen LogP) is 6.20. The Balaban J connectivity index is 2.65. The molecule has 0 heterocycles. The van der Waals surface area contributed by atoms with E-state index < -0.39 is 0 Å². The van der Waals surface area contributed by atoms with Gasteiger partial charge < -0.3 is 0 Å². The first-order chi connectivity index (χ1) is 9.32. The third-order valence-corrected chi connectivity index (χ3v) is 5.09. The summed E-state index contributed by atoms with van der Waals surface area (Å²) in [6, 6.07) is 6.84. The Labute approximate surface area is 133 Å². The molecule has 0 bridgehead atoms. The second-order valence-electron chi connectivity index (χ2n) is 5.20. The molecule has 20 heavy (non-hydrogen) atoms. The first kappa shape index (κ1) is 15.5. The predicted molar refractivity (Wildman–Crippen MR) is 87.6 cm³/mol. The van der Waals surface area contributed by atoms with Crippen molar-refractivity contribution in [1.82, 2.24) is 0 Å². The molecule has 0 aliphatic heterocycles. The maximum absolute atomic E-state index is 14.1. The zero-order valence-electron chi connectivity index (χ0n) is 12.0. The first-order valence-corrected chi connectivity index (χ1v) is 7.78. The van der Waals surface area contributed by atoms with Crippen molar-refractivity contribution in [2.75, 3.05) is 0 Å². The molecule has 0 aromatic heterocycles. The van der Waals surface area contributed by atoms with Crippen LogP contribution in [0.4, 0.5) is 4.39 Å². The minimum atomic E-state index is -0.241. The molecule has 2 rings (SSSR count). The van der Waals surface area contributed by atoms with Crippen LogP contribution in [0.1, 0.15) is 38.2 Å². The summed E-state index contributed by atoms with van der Waals surface area (Å²) in [6.07, 6.45) is 0. The summed E-state index contributed by atoms with van der Waals surface area (Å²) in [5, 5.41) is 0.547. The number of alkyl halides is 1. The number of hydrogen-bond acceptors (Lipinski definition) is 0. The van der Waals surface area contributed by atoms with Gasteiger partial charge in [-0.2, -0.15) is 0 Å². The highest BCUT2D eigenvalue weighted by molar-refractivity contribution is 9.09. The van der Waals surface area contributed by atoms with Crippen molar-refractivity contribution in [2.45, 2.75) is 32.5 Å². The third kappa shape index (κ3) is 2.77. The molecule has 2 aromatic carbocycles. The summed E-state index contributed by atoms with van der Waals surface area (Å²) in [4.78, 5) is -0.195. The maximum atomic E-state index is 14.1. The number of rotatable bonds is 2. The lowest BCUT2D eigenvalue weighted by molar-refractivity contribution is 0.613. The molecule has 0 aliphatic carbocycles. The van der Waals surface area contributed by atoms with E-state index in [1.54, 1.807) is 12.1 Å². The zero-order chi connectivity index (χ0) is 15.0. The molecule has 0 nitrogen and oxygen atoms in total. The molecule has 2 aromatic rings. The van der Waals surface area contributed by atoms with Gasteiger partial charge in [0.15, 0.2) is 0 Å². The van der Waals surface area contributed by atoms with Crippen molar-refractivity contribution in [2.24, 2.45) is 0 Å². The molecule has 0 radical (unpaired) electrons. The Morgan fingerprint density at radius 2 is 1.55 bits per heavy atom. The van der Waals surface area contributed by atoms with Crippen molar-refractivity contribution in [3.05, 3.63) is 68.5 Å². The summed E-state index contributed by atoms with van der Waals surface area (Å²) in [6.45, 7) is 8.32. The van der Waals surface area contributed by atoms with Crippen LogP contribution in [0.3, 0.4) is 0 Å². The lowest BCUT2D eigenvalue weighted by Crippen LogP contribution is -2.04. The highest BCUT2D eigenvalue weighted by Crippen LogP contribution is 2.39. The Hall–Kier alpha value is -0.860. The van der Waals surface area contributed by atoms with Gasteiger partial charge in [0.25, 0.3) is 0 Å². The van der Waals surface area contributed by atoms with Gasteiger partial charge in [-0.15, -0.1) is 0 Å². The SMILES string of the molecule is Cc1cc(C)c(C)c(C(Br)c2cc(Cl)ccc2F)c1C. The van der Waals surface area contributed by atoms with E-state index in [9.17, 15) is 4.39 Å². The third-order valence-electron chi connectivity index (χ3n) is 3.91. The van der Waals surface area contributed by atoms with Crippen LogP contribution in [0.2, 0.25) is 5.02 Å². The standard InChI is InChI=1S/C17H17BrClF/c1-9-7-10(2)12(4)16(11(9)3)17(18)14-8-13(19)5-6-15(14)20/h5-8,17H,1-4H3. The summed E-state index contributed by atoms with van der Waals surface area (Å²) < 4.78 is 14.1. The number of halogens is 3. The van der Waals surface area contributed by atoms with Crippen LogP contribution in [-0.2, 0) is 0 Å². The van der Waals surface area contributed by atoms with Crippen LogP contribution < -0.4 is 0 Å². The molecule has 0 saturated carbocycles. The second-order valence-corrected chi connectivity index (χ2v) is 6.55. The Morgan fingerprint density at radius 3 is 2.10 bits per heavy atom. The molecule has 1 atom stereocenters. The topological polar surface area (TPSA) is 0 Å². The van der Waals surface area contributed by atoms with Crippen LogP contribution >= 0.6 is 27.5 Å². The monoisotopic (exact) mass is 354 g/mol. The number of aryl methyl sites for hydroxylation is 2.